The lowest BCUT2D eigenvalue weighted by atomic mass is 10.0. The van der Waals surface area contributed by atoms with Crippen molar-refractivity contribution in [3.8, 4) is 0 Å². The van der Waals surface area contributed by atoms with Gasteiger partial charge in [-0.15, -0.1) is 0 Å². The van der Waals surface area contributed by atoms with Crippen molar-refractivity contribution in [2.75, 3.05) is 18.0 Å². The van der Waals surface area contributed by atoms with Crippen LogP contribution in [0.1, 0.15) is 13.3 Å². The Balaban J connectivity index is 2.15. The van der Waals surface area contributed by atoms with E-state index in [0.29, 0.717) is 16.6 Å². The highest BCUT2D eigenvalue weighted by atomic mass is 79.9. The first kappa shape index (κ1) is 10.9. The Labute approximate surface area is 97.6 Å². The lowest BCUT2D eigenvalue weighted by Gasteiger charge is -2.35. The highest BCUT2D eigenvalue weighted by molar-refractivity contribution is 9.09. The zero-order valence-electron chi connectivity index (χ0n) is 8.66. The maximum absolute atomic E-state index is 13.5. The van der Waals surface area contributed by atoms with Gasteiger partial charge in [-0.1, -0.05) is 22.9 Å². The van der Waals surface area contributed by atoms with E-state index in [1.165, 1.54) is 6.07 Å². The summed E-state index contributed by atoms with van der Waals surface area (Å²) < 4.78 is 13.5. The minimum Gasteiger partial charge on any atom is -0.354 e. The molecule has 0 aliphatic carbocycles. The van der Waals surface area contributed by atoms with Gasteiger partial charge in [0, 0.05) is 24.1 Å². The molecule has 82 valence electrons. The number of hydrogen-bond acceptors (Lipinski definition) is 2. The molecule has 0 bridgehead atoms. The molecule has 0 N–H and O–H groups in total. The monoisotopic (exact) mass is 272 g/mol. The average molecular weight is 273 g/mol. The van der Waals surface area contributed by atoms with Crippen molar-refractivity contribution < 1.29 is 4.39 Å². The van der Waals surface area contributed by atoms with E-state index >= 15 is 0 Å². The fourth-order valence-electron chi connectivity index (χ4n) is 1.92. The summed E-state index contributed by atoms with van der Waals surface area (Å²) in [5, 5.41) is 0. The normalized spacial score (nSPS) is 26.7. The van der Waals surface area contributed by atoms with E-state index in [4.69, 9.17) is 0 Å². The van der Waals surface area contributed by atoms with Crippen LogP contribution in [-0.2, 0) is 0 Å². The molecule has 2 rings (SSSR count). The molecule has 0 amide bonds. The van der Waals surface area contributed by atoms with Crippen LogP contribution in [-0.4, -0.2) is 22.9 Å². The van der Waals surface area contributed by atoms with Gasteiger partial charge in [0.15, 0.2) is 11.6 Å². The van der Waals surface area contributed by atoms with Crippen LogP contribution in [0.3, 0.4) is 0 Å². The Morgan fingerprint density at radius 3 is 3.07 bits per heavy atom. The van der Waals surface area contributed by atoms with Crippen molar-refractivity contribution in [2.45, 2.75) is 18.2 Å². The van der Waals surface area contributed by atoms with Gasteiger partial charge < -0.3 is 4.90 Å². The summed E-state index contributed by atoms with van der Waals surface area (Å²) in [6, 6.07) is 3.09. The van der Waals surface area contributed by atoms with Gasteiger partial charge in [0.1, 0.15) is 0 Å². The molecular formula is C11H14BrFN2. The molecule has 0 spiro atoms. The molecule has 1 aliphatic rings. The third-order valence-electron chi connectivity index (χ3n) is 2.84. The van der Waals surface area contributed by atoms with E-state index < -0.39 is 0 Å². The third kappa shape index (κ3) is 2.30. The van der Waals surface area contributed by atoms with Gasteiger partial charge in [0.2, 0.25) is 0 Å². The quantitative estimate of drug-likeness (QED) is 0.731. The van der Waals surface area contributed by atoms with Crippen LogP contribution in [0.15, 0.2) is 18.3 Å². The van der Waals surface area contributed by atoms with Crippen LogP contribution in [0.5, 0.6) is 0 Å². The molecule has 4 heteroatoms. The number of halogens is 2. The first-order valence-corrected chi connectivity index (χ1v) is 6.09. The first-order valence-electron chi connectivity index (χ1n) is 5.18. The van der Waals surface area contributed by atoms with Gasteiger partial charge >= 0.3 is 0 Å². The highest BCUT2D eigenvalue weighted by Gasteiger charge is 2.25. The molecule has 1 saturated heterocycles. The minimum atomic E-state index is -0.224. The van der Waals surface area contributed by atoms with E-state index in [1.54, 1.807) is 12.3 Å². The van der Waals surface area contributed by atoms with Gasteiger partial charge in [-0.2, -0.15) is 0 Å². The Morgan fingerprint density at radius 1 is 1.60 bits per heavy atom. The van der Waals surface area contributed by atoms with E-state index in [2.05, 4.69) is 27.8 Å². The molecule has 1 aromatic heterocycles. The molecule has 2 heterocycles. The predicted molar refractivity (Wildman–Crippen MR) is 62.9 cm³/mol. The van der Waals surface area contributed by atoms with Crippen molar-refractivity contribution in [2.24, 2.45) is 5.92 Å². The number of piperidine rings is 1. The zero-order chi connectivity index (χ0) is 10.8. The lowest BCUT2D eigenvalue weighted by molar-refractivity contribution is 0.457. The Morgan fingerprint density at radius 2 is 2.40 bits per heavy atom. The van der Waals surface area contributed by atoms with Crippen molar-refractivity contribution in [1.82, 2.24) is 4.98 Å². The summed E-state index contributed by atoms with van der Waals surface area (Å²) in [6.07, 6.45) is 2.68. The standard InChI is InChI=1S/C11H14BrFN2/c1-8-7-15(6-4-9(8)12)11-10(13)3-2-5-14-11/h2-3,5,8-9H,4,6-7H2,1H3. The van der Waals surface area contributed by atoms with E-state index in [-0.39, 0.29) is 5.82 Å². The minimum absolute atomic E-state index is 0.224. The zero-order valence-corrected chi connectivity index (χ0v) is 10.2. The summed E-state index contributed by atoms with van der Waals surface area (Å²) in [7, 11) is 0. The number of pyridine rings is 1. The topological polar surface area (TPSA) is 16.1 Å². The van der Waals surface area contributed by atoms with Crippen molar-refractivity contribution in [3.63, 3.8) is 0 Å². The van der Waals surface area contributed by atoms with Gasteiger partial charge in [-0.3, -0.25) is 0 Å². The highest BCUT2D eigenvalue weighted by Crippen LogP contribution is 2.27. The summed E-state index contributed by atoms with van der Waals surface area (Å²) in [4.78, 5) is 6.66. The summed E-state index contributed by atoms with van der Waals surface area (Å²) >= 11 is 3.63. The Kier molecular flexibility index (Phi) is 3.24. The fraction of sp³-hybridized carbons (Fsp3) is 0.545. The van der Waals surface area contributed by atoms with Crippen molar-refractivity contribution in [3.05, 3.63) is 24.1 Å². The number of nitrogens with zero attached hydrogens (tertiary/aromatic N) is 2. The number of alkyl halides is 1. The fourth-order valence-corrected chi connectivity index (χ4v) is 2.29. The molecule has 2 nitrogen and oxygen atoms in total. The van der Waals surface area contributed by atoms with Crippen molar-refractivity contribution >= 4 is 21.7 Å². The predicted octanol–water partition coefficient (Wildman–Crippen LogP) is 2.83. The summed E-state index contributed by atoms with van der Waals surface area (Å²) in [5.41, 5.74) is 0. The summed E-state index contributed by atoms with van der Waals surface area (Å²) in [5.74, 6) is 0.793. The second-order valence-corrected chi connectivity index (χ2v) is 5.21. The van der Waals surface area contributed by atoms with Gasteiger partial charge in [0.05, 0.1) is 0 Å². The third-order valence-corrected chi connectivity index (χ3v) is 4.20. The second kappa shape index (κ2) is 4.47. The maximum atomic E-state index is 13.5. The SMILES string of the molecule is CC1CN(c2ncccc2F)CCC1Br. The largest absolute Gasteiger partial charge is 0.354 e. The summed E-state index contributed by atoms with van der Waals surface area (Å²) in [6.45, 7) is 3.91. The molecule has 1 fully saturated rings. The van der Waals surface area contributed by atoms with Crippen LogP contribution >= 0.6 is 15.9 Å². The van der Waals surface area contributed by atoms with E-state index in [9.17, 15) is 4.39 Å². The van der Waals surface area contributed by atoms with Crippen LogP contribution in [0.4, 0.5) is 10.2 Å². The van der Waals surface area contributed by atoms with Gasteiger partial charge in [-0.25, -0.2) is 9.37 Å². The number of rotatable bonds is 1. The molecular weight excluding hydrogens is 259 g/mol. The Bertz CT molecular complexity index is 345. The second-order valence-electron chi connectivity index (χ2n) is 4.04. The molecule has 15 heavy (non-hydrogen) atoms. The number of hydrogen-bond donors (Lipinski definition) is 0. The number of anilines is 1. The van der Waals surface area contributed by atoms with Crippen molar-refractivity contribution in [1.29, 1.82) is 0 Å². The molecule has 0 saturated carbocycles. The van der Waals surface area contributed by atoms with Crippen LogP contribution in [0.2, 0.25) is 0 Å². The maximum Gasteiger partial charge on any atom is 0.165 e. The molecule has 1 aliphatic heterocycles. The first-order chi connectivity index (χ1) is 7.18. The van der Waals surface area contributed by atoms with Crippen LogP contribution in [0.25, 0.3) is 0 Å². The lowest BCUT2D eigenvalue weighted by Crippen LogP contribution is -2.40. The molecule has 0 radical (unpaired) electrons. The number of aromatic nitrogens is 1. The molecule has 2 unspecified atom stereocenters. The van der Waals surface area contributed by atoms with Gasteiger partial charge in [-0.05, 0) is 24.5 Å². The van der Waals surface area contributed by atoms with Gasteiger partial charge in [0.25, 0.3) is 0 Å². The van der Waals surface area contributed by atoms with E-state index in [1.807, 2.05) is 4.90 Å². The molecule has 2 atom stereocenters. The molecule has 1 aromatic rings. The van der Waals surface area contributed by atoms with E-state index in [0.717, 1.165) is 19.5 Å². The smallest absolute Gasteiger partial charge is 0.165 e. The average Bonchev–Trinajstić information content (AvgIpc) is 2.23. The van der Waals surface area contributed by atoms with Crippen LogP contribution < -0.4 is 4.90 Å². The van der Waals surface area contributed by atoms with Crippen LogP contribution in [0, 0.1) is 11.7 Å². The Hall–Kier alpha value is -0.640. The molecule has 0 aromatic carbocycles.